The molecule has 0 radical (unpaired) electrons. The molecule has 1 aromatic carbocycles. The van der Waals surface area contributed by atoms with Crippen LogP contribution in [0.5, 0.6) is 5.75 Å². The van der Waals surface area contributed by atoms with E-state index in [1.165, 1.54) is 19.3 Å². The zero-order chi connectivity index (χ0) is 14.0. The van der Waals surface area contributed by atoms with Crippen molar-refractivity contribution in [1.82, 2.24) is 5.32 Å². The molecular weight excluding hydrogens is 252 g/mol. The Morgan fingerprint density at radius 3 is 3.05 bits per heavy atom. The second-order valence-electron chi connectivity index (χ2n) is 5.01. The third-order valence-corrected chi connectivity index (χ3v) is 3.50. The first-order valence-electron chi connectivity index (χ1n) is 7.30. The summed E-state index contributed by atoms with van der Waals surface area (Å²) in [4.78, 5) is 0. The van der Waals surface area contributed by atoms with Crippen LogP contribution in [0.1, 0.15) is 31.2 Å². The number of rotatable bonds is 7. The van der Waals surface area contributed by atoms with Crippen LogP contribution in [0.15, 0.2) is 24.3 Å². The van der Waals surface area contributed by atoms with Crippen LogP contribution in [-0.4, -0.2) is 25.9 Å². The van der Waals surface area contributed by atoms with Gasteiger partial charge in [0.1, 0.15) is 11.8 Å². The van der Waals surface area contributed by atoms with Crippen molar-refractivity contribution in [3.8, 4) is 11.8 Å². The highest BCUT2D eigenvalue weighted by Crippen LogP contribution is 2.18. The molecule has 0 bridgehead atoms. The third-order valence-electron chi connectivity index (χ3n) is 3.50. The fraction of sp³-hybridized carbons (Fsp3) is 0.562. The molecule has 1 N–H and O–H groups in total. The van der Waals surface area contributed by atoms with Gasteiger partial charge in [-0.2, -0.15) is 5.26 Å². The van der Waals surface area contributed by atoms with E-state index in [1.54, 1.807) is 0 Å². The van der Waals surface area contributed by atoms with Gasteiger partial charge in [-0.25, -0.2) is 0 Å². The zero-order valence-electron chi connectivity index (χ0n) is 11.8. The van der Waals surface area contributed by atoms with E-state index < -0.39 is 0 Å². The molecule has 4 heteroatoms. The summed E-state index contributed by atoms with van der Waals surface area (Å²) in [5.41, 5.74) is 1.09. The normalized spacial score (nSPS) is 18.4. The molecule has 1 fully saturated rings. The predicted molar refractivity (Wildman–Crippen MR) is 77.5 cm³/mol. The van der Waals surface area contributed by atoms with Crippen molar-refractivity contribution in [1.29, 1.82) is 5.26 Å². The molecule has 0 aromatic heterocycles. The molecule has 0 saturated carbocycles. The van der Waals surface area contributed by atoms with Crippen molar-refractivity contribution in [3.05, 3.63) is 29.8 Å². The number of nitrogens with zero attached hydrogens (tertiary/aromatic N) is 1. The van der Waals surface area contributed by atoms with Crippen molar-refractivity contribution < 1.29 is 9.47 Å². The van der Waals surface area contributed by atoms with E-state index in [4.69, 9.17) is 14.7 Å². The molecule has 1 atom stereocenters. The van der Waals surface area contributed by atoms with Crippen molar-refractivity contribution in [2.45, 2.75) is 38.3 Å². The quantitative estimate of drug-likeness (QED) is 0.777. The van der Waals surface area contributed by atoms with Crippen molar-refractivity contribution >= 4 is 0 Å². The van der Waals surface area contributed by atoms with Gasteiger partial charge >= 0.3 is 0 Å². The van der Waals surface area contributed by atoms with Gasteiger partial charge in [0.05, 0.1) is 6.10 Å². The lowest BCUT2D eigenvalue weighted by Crippen LogP contribution is -2.25. The van der Waals surface area contributed by atoms with Crippen LogP contribution in [0.2, 0.25) is 0 Å². The fourth-order valence-electron chi connectivity index (χ4n) is 2.42. The molecule has 20 heavy (non-hydrogen) atoms. The van der Waals surface area contributed by atoms with Crippen molar-refractivity contribution in [2.75, 3.05) is 19.8 Å². The summed E-state index contributed by atoms with van der Waals surface area (Å²) in [5.74, 6) is 0.787. The van der Waals surface area contributed by atoms with Gasteiger partial charge in [-0.05, 0) is 38.3 Å². The van der Waals surface area contributed by atoms with Crippen LogP contribution in [0.4, 0.5) is 0 Å². The molecule has 1 aliphatic rings. The summed E-state index contributed by atoms with van der Waals surface area (Å²) in [6.45, 7) is 2.70. The van der Waals surface area contributed by atoms with Crippen LogP contribution in [0, 0.1) is 11.3 Å². The van der Waals surface area contributed by atoms with Crippen LogP contribution in [0.25, 0.3) is 0 Å². The molecule has 1 unspecified atom stereocenters. The zero-order valence-corrected chi connectivity index (χ0v) is 11.8. The second-order valence-corrected chi connectivity index (χ2v) is 5.01. The second kappa shape index (κ2) is 8.57. The summed E-state index contributed by atoms with van der Waals surface area (Å²) in [6, 6.07) is 9.83. The summed E-state index contributed by atoms with van der Waals surface area (Å²) < 4.78 is 11.1. The minimum Gasteiger partial charge on any atom is -0.478 e. The summed E-state index contributed by atoms with van der Waals surface area (Å²) in [6.07, 6.45) is 5.15. The van der Waals surface area contributed by atoms with Gasteiger partial charge in [0.25, 0.3) is 0 Å². The average molecular weight is 274 g/mol. The Morgan fingerprint density at radius 2 is 2.25 bits per heavy atom. The summed E-state index contributed by atoms with van der Waals surface area (Å²) >= 11 is 0. The summed E-state index contributed by atoms with van der Waals surface area (Å²) in [5, 5.41) is 12.0. The number of ether oxygens (including phenoxy) is 2. The van der Waals surface area contributed by atoms with Crippen LogP contribution in [0.3, 0.4) is 0 Å². The molecule has 0 aliphatic carbocycles. The van der Waals surface area contributed by atoms with Crippen LogP contribution < -0.4 is 10.1 Å². The predicted octanol–water partition coefficient (Wildman–Crippen LogP) is 2.64. The number of benzene rings is 1. The standard InChI is InChI=1S/C16H22N2O2/c17-9-12-20-16-7-2-1-5-14(16)13-18-10-8-15-6-3-4-11-19-15/h1-2,5,7,15,18H,3-4,6,8,10-13H2. The fourth-order valence-corrected chi connectivity index (χ4v) is 2.42. The van der Waals surface area contributed by atoms with E-state index >= 15 is 0 Å². The lowest BCUT2D eigenvalue weighted by Gasteiger charge is -2.22. The Kier molecular flexibility index (Phi) is 6.36. The maximum atomic E-state index is 8.57. The third kappa shape index (κ3) is 4.84. The molecule has 0 spiro atoms. The Morgan fingerprint density at radius 1 is 1.35 bits per heavy atom. The topological polar surface area (TPSA) is 54.3 Å². The van der Waals surface area contributed by atoms with Crippen molar-refractivity contribution in [3.63, 3.8) is 0 Å². The minimum atomic E-state index is 0.0902. The van der Waals surface area contributed by atoms with Gasteiger partial charge in [-0.3, -0.25) is 0 Å². The highest BCUT2D eigenvalue weighted by atomic mass is 16.5. The lowest BCUT2D eigenvalue weighted by molar-refractivity contribution is 0.0115. The Labute approximate surface area is 120 Å². The van der Waals surface area contributed by atoms with Gasteiger partial charge in [0.15, 0.2) is 6.61 Å². The monoisotopic (exact) mass is 274 g/mol. The van der Waals surface area contributed by atoms with Crippen LogP contribution in [-0.2, 0) is 11.3 Å². The van der Waals surface area contributed by atoms with E-state index in [1.807, 2.05) is 30.3 Å². The maximum Gasteiger partial charge on any atom is 0.174 e. The first kappa shape index (κ1) is 14.8. The molecule has 1 heterocycles. The Hall–Kier alpha value is -1.57. The maximum absolute atomic E-state index is 8.57. The molecule has 1 aromatic rings. The highest BCUT2D eigenvalue weighted by Gasteiger charge is 2.12. The molecule has 1 aliphatic heterocycles. The van der Waals surface area contributed by atoms with Crippen molar-refractivity contribution in [2.24, 2.45) is 0 Å². The number of para-hydroxylation sites is 1. The van der Waals surface area contributed by atoms with Gasteiger partial charge in [-0.1, -0.05) is 18.2 Å². The van der Waals surface area contributed by atoms with Gasteiger partial charge in [-0.15, -0.1) is 0 Å². The minimum absolute atomic E-state index is 0.0902. The average Bonchev–Trinajstić information content (AvgIpc) is 2.51. The van der Waals surface area contributed by atoms with Gasteiger partial charge < -0.3 is 14.8 Å². The van der Waals surface area contributed by atoms with E-state index in [0.717, 1.165) is 37.4 Å². The highest BCUT2D eigenvalue weighted by molar-refractivity contribution is 5.33. The molecule has 4 nitrogen and oxygen atoms in total. The van der Waals surface area contributed by atoms with Gasteiger partial charge in [0, 0.05) is 18.7 Å². The van der Waals surface area contributed by atoms with E-state index in [-0.39, 0.29) is 6.61 Å². The molecule has 0 amide bonds. The van der Waals surface area contributed by atoms with Crippen LogP contribution >= 0.6 is 0 Å². The van der Waals surface area contributed by atoms with E-state index in [0.29, 0.717) is 6.10 Å². The Balaban J connectivity index is 1.71. The SMILES string of the molecule is N#CCOc1ccccc1CNCCC1CCCCO1. The largest absolute Gasteiger partial charge is 0.478 e. The Bertz CT molecular complexity index is 436. The number of nitriles is 1. The number of hydrogen-bond acceptors (Lipinski definition) is 4. The number of hydrogen-bond donors (Lipinski definition) is 1. The van der Waals surface area contributed by atoms with E-state index in [9.17, 15) is 0 Å². The summed E-state index contributed by atoms with van der Waals surface area (Å²) in [7, 11) is 0. The molecule has 1 saturated heterocycles. The van der Waals surface area contributed by atoms with Gasteiger partial charge in [0.2, 0.25) is 0 Å². The van der Waals surface area contributed by atoms with E-state index in [2.05, 4.69) is 5.32 Å². The number of nitrogens with one attached hydrogen (secondary N) is 1. The lowest BCUT2D eigenvalue weighted by atomic mass is 10.1. The first-order valence-corrected chi connectivity index (χ1v) is 7.30. The smallest absolute Gasteiger partial charge is 0.174 e. The first-order chi connectivity index (χ1) is 9.90. The molecular formula is C16H22N2O2. The molecule has 108 valence electrons. The molecule has 2 rings (SSSR count).